The lowest BCUT2D eigenvalue weighted by Crippen LogP contribution is -2.43. The molecule has 3 aromatic rings. The first-order valence-corrected chi connectivity index (χ1v) is 9.16. The molecule has 146 valence electrons. The molecule has 0 fully saturated rings. The zero-order valence-corrected chi connectivity index (χ0v) is 16.0. The number of methoxy groups -OCH3 is 2. The summed E-state index contributed by atoms with van der Waals surface area (Å²) in [6, 6.07) is 14.7. The van der Waals surface area contributed by atoms with Crippen molar-refractivity contribution >= 4 is 22.8 Å². The molecule has 3 rings (SSSR count). The Morgan fingerprint density at radius 1 is 1.11 bits per heavy atom. The van der Waals surface area contributed by atoms with E-state index in [2.05, 4.69) is 10.3 Å². The van der Waals surface area contributed by atoms with Crippen LogP contribution in [0.1, 0.15) is 17.5 Å². The molecule has 6 heteroatoms. The molecule has 1 atom stereocenters. The maximum Gasteiger partial charge on any atom is 0.328 e. The molecule has 1 unspecified atom stereocenters. The molecule has 0 radical (unpaired) electrons. The molecule has 0 aliphatic carbocycles. The third kappa shape index (κ3) is 4.71. The fourth-order valence-electron chi connectivity index (χ4n) is 3.21. The van der Waals surface area contributed by atoms with Crippen molar-refractivity contribution in [2.45, 2.75) is 25.3 Å². The monoisotopic (exact) mass is 380 g/mol. The summed E-state index contributed by atoms with van der Waals surface area (Å²) in [6.07, 6.45) is 3.06. The van der Waals surface area contributed by atoms with E-state index in [1.54, 1.807) is 7.11 Å². The van der Waals surface area contributed by atoms with Crippen LogP contribution >= 0.6 is 0 Å². The van der Waals surface area contributed by atoms with Gasteiger partial charge in [-0.3, -0.25) is 4.79 Å². The Hall–Kier alpha value is -3.28. The van der Waals surface area contributed by atoms with E-state index >= 15 is 0 Å². The van der Waals surface area contributed by atoms with E-state index in [9.17, 15) is 9.59 Å². The number of carbonyl (C=O) groups excluding carboxylic acids is 2. The van der Waals surface area contributed by atoms with E-state index in [-0.39, 0.29) is 12.3 Å². The van der Waals surface area contributed by atoms with Gasteiger partial charge in [0.1, 0.15) is 11.8 Å². The molecular weight excluding hydrogens is 356 g/mol. The highest BCUT2D eigenvalue weighted by atomic mass is 16.5. The maximum atomic E-state index is 12.4. The summed E-state index contributed by atoms with van der Waals surface area (Å²) in [5.74, 6) is 0.0998. The average molecular weight is 380 g/mol. The Labute approximate surface area is 163 Å². The second-order valence-electron chi connectivity index (χ2n) is 6.56. The van der Waals surface area contributed by atoms with Crippen molar-refractivity contribution in [1.82, 2.24) is 10.3 Å². The first-order chi connectivity index (χ1) is 13.6. The zero-order chi connectivity index (χ0) is 19.9. The number of H-pyrrole nitrogens is 1. The van der Waals surface area contributed by atoms with Gasteiger partial charge in [0.15, 0.2) is 0 Å². The van der Waals surface area contributed by atoms with Gasteiger partial charge in [0, 0.05) is 29.9 Å². The number of benzene rings is 2. The van der Waals surface area contributed by atoms with Crippen molar-refractivity contribution in [3.05, 3.63) is 65.9 Å². The van der Waals surface area contributed by atoms with Gasteiger partial charge < -0.3 is 19.8 Å². The predicted molar refractivity (Wildman–Crippen MR) is 107 cm³/mol. The van der Waals surface area contributed by atoms with Crippen molar-refractivity contribution in [2.24, 2.45) is 0 Å². The van der Waals surface area contributed by atoms with Crippen LogP contribution in [-0.4, -0.2) is 37.1 Å². The third-order valence-corrected chi connectivity index (χ3v) is 4.69. The summed E-state index contributed by atoms with van der Waals surface area (Å²) in [7, 11) is 2.93. The van der Waals surface area contributed by atoms with Gasteiger partial charge in [-0.15, -0.1) is 0 Å². The molecule has 2 aromatic carbocycles. The Bertz CT molecular complexity index is 964. The smallest absolute Gasteiger partial charge is 0.328 e. The highest BCUT2D eigenvalue weighted by Gasteiger charge is 2.23. The SMILES string of the molecule is COC(=O)C(Cc1c[nH]c2ccccc12)NC(=O)CCc1cccc(OC)c1. The number of nitrogens with one attached hydrogen (secondary N) is 2. The van der Waals surface area contributed by atoms with E-state index in [0.717, 1.165) is 27.8 Å². The summed E-state index contributed by atoms with van der Waals surface area (Å²) in [4.78, 5) is 27.8. The average Bonchev–Trinajstić information content (AvgIpc) is 3.14. The molecule has 0 saturated heterocycles. The van der Waals surface area contributed by atoms with Crippen LogP contribution in [-0.2, 0) is 27.2 Å². The number of carbonyl (C=O) groups is 2. The second-order valence-corrected chi connectivity index (χ2v) is 6.56. The van der Waals surface area contributed by atoms with Crippen molar-refractivity contribution in [3.8, 4) is 5.75 Å². The zero-order valence-electron chi connectivity index (χ0n) is 16.0. The molecule has 1 heterocycles. The number of esters is 1. The predicted octanol–water partition coefficient (Wildman–Crippen LogP) is 3.01. The lowest BCUT2D eigenvalue weighted by atomic mass is 10.0. The van der Waals surface area contributed by atoms with Gasteiger partial charge in [-0.25, -0.2) is 4.79 Å². The molecule has 28 heavy (non-hydrogen) atoms. The van der Waals surface area contributed by atoms with Gasteiger partial charge in [0.25, 0.3) is 0 Å². The van der Waals surface area contributed by atoms with Crippen molar-refractivity contribution in [1.29, 1.82) is 0 Å². The van der Waals surface area contributed by atoms with Gasteiger partial charge in [-0.2, -0.15) is 0 Å². The molecule has 2 N–H and O–H groups in total. The lowest BCUT2D eigenvalue weighted by molar-refractivity contribution is -0.145. The minimum absolute atomic E-state index is 0.196. The molecule has 1 amide bonds. The third-order valence-electron chi connectivity index (χ3n) is 4.69. The summed E-state index contributed by atoms with van der Waals surface area (Å²) < 4.78 is 10.1. The van der Waals surface area contributed by atoms with Crippen LogP contribution in [0.5, 0.6) is 5.75 Å². The molecule has 0 spiro atoms. The summed E-state index contributed by atoms with van der Waals surface area (Å²) in [6.45, 7) is 0. The van der Waals surface area contributed by atoms with Crippen molar-refractivity contribution in [3.63, 3.8) is 0 Å². The maximum absolute atomic E-state index is 12.4. The Kier molecular flexibility index (Phi) is 6.32. The second kappa shape index (κ2) is 9.08. The first kappa shape index (κ1) is 19.5. The van der Waals surface area contributed by atoms with Gasteiger partial charge in [0.05, 0.1) is 14.2 Å². The van der Waals surface area contributed by atoms with Crippen LogP contribution in [0.15, 0.2) is 54.7 Å². The van der Waals surface area contributed by atoms with Crippen LogP contribution < -0.4 is 10.1 Å². The van der Waals surface area contributed by atoms with Crippen LogP contribution in [0.2, 0.25) is 0 Å². The molecular formula is C22H24N2O4. The van der Waals surface area contributed by atoms with Crippen molar-refractivity contribution in [2.75, 3.05) is 14.2 Å². The number of para-hydroxylation sites is 1. The van der Waals surface area contributed by atoms with Crippen LogP contribution in [0.4, 0.5) is 0 Å². The van der Waals surface area contributed by atoms with Crippen LogP contribution in [0.25, 0.3) is 10.9 Å². The highest BCUT2D eigenvalue weighted by molar-refractivity contribution is 5.87. The highest BCUT2D eigenvalue weighted by Crippen LogP contribution is 2.19. The van der Waals surface area contributed by atoms with Crippen LogP contribution in [0, 0.1) is 0 Å². The lowest BCUT2D eigenvalue weighted by Gasteiger charge is -2.16. The number of aromatic amines is 1. The number of hydrogen-bond acceptors (Lipinski definition) is 4. The normalized spacial score (nSPS) is 11.8. The summed E-state index contributed by atoms with van der Waals surface area (Å²) in [5, 5.41) is 3.84. The largest absolute Gasteiger partial charge is 0.497 e. The molecule has 0 aliphatic rings. The Morgan fingerprint density at radius 2 is 1.93 bits per heavy atom. The fraction of sp³-hybridized carbons (Fsp3) is 0.273. The Morgan fingerprint density at radius 3 is 2.71 bits per heavy atom. The van der Waals surface area contributed by atoms with E-state index in [1.165, 1.54) is 7.11 Å². The number of aryl methyl sites for hydroxylation is 1. The van der Waals surface area contributed by atoms with E-state index in [0.29, 0.717) is 12.8 Å². The van der Waals surface area contributed by atoms with Gasteiger partial charge in [0.2, 0.25) is 5.91 Å². The molecule has 0 aliphatic heterocycles. The number of aromatic nitrogens is 1. The fourth-order valence-corrected chi connectivity index (χ4v) is 3.21. The van der Waals surface area contributed by atoms with Crippen LogP contribution in [0.3, 0.4) is 0 Å². The quantitative estimate of drug-likeness (QED) is 0.589. The Balaban J connectivity index is 1.65. The molecule has 0 bridgehead atoms. The van der Waals surface area contributed by atoms with E-state index < -0.39 is 12.0 Å². The number of rotatable bonds is 8. The number of ether oxygens (including phenoxy) is 2. The van der Waals surface area contributed by atoms with E-state index in [1.807, 2.05) is 54.7 Å². The van der Waals surface area contributed by atoms with E-state index in [4.69, 9.17) is 9.47 Å². The van der Waals surface area contributed by atoms with Gasteiger partial charge in [-0.1, -0.05) is 30.3 Å². The molecule has 0 saturated carbocycles. The number of amides is 1. The molecule has 1 aromatic heterocycles. The first-order valence-electron chi connectivity index (χ1n) is 9.16. The van der Waals surface area contributed by atoms with Crippen molar-refractivity contribution < 1.29 is 19.1 Å². The molecule has 6 nitrogen and oxygen atoms in total. The summed E-state index contributed by atoms with van der Waals surface area (Å²) >= 11 is 0. The minimum atomic E-state index is -0.734. The number of hydrogen-bond donors (Lipinski definition) is 2. The van der Waals surface area contributed by atoms with Gasteiger partial charge >= 0.3 is 5.97 Å². The van der Waals surface area contributed by atoms with Gasteiger partial charge in [-0.05, 0) is 35.7 Å². The number of fused-ring (bicyclic) bond motifs is 1. The minimum Gasteiger partial charge on any atom is -0.497 e. The topological polar surface area (TPSA) is 80.4 Å². The standard InChI is InChI=1S/C22H24N2O4/c1-27-17-7-5-6-15(12-17)10-11-21(25)24-20(22(26)28-2)13-16-14-23-19-9-4-3-8-18(16)19/h3-9,12,14,20,23H,10-11,13H2,1-2H3,(H,24,25). The summed E-state index contributed by atoms with van der Waals surface area (Å²) in [5.41, 5.74) is 2.95.